The van der Waals surface area contributed by atoms with Crippen LogP contribution in [0.15, 0.2) is 0 Å². The molecule has 1 fully saturated rings. The van der Waals surface area contributed by atoms with E-state index in [1.807, 2.05) is 0 Å². The second kappa shape index (κ2) is 20.6. The molecule has 2 unspecified atom stereocenters. The zero-order chi connectivity index (χ0) is 22.6. The molecule has 1 aliphatic rings. The zero-order valence-corrected chi connectivity index (χ0v) is 22.4. The second-order valence-electron chi connectivity index (χ2n) is 11.2. The van der Waals surface area contributed by atoms with Crippen molar-refractivity contribution < 1.29 is 0 Å². The van der Waals surface area contributed by atoms with Crippen LogP contribution in [-0.4, -0.2) is 25.0 Å². The lowest BCUT2D eigenvalue weighted by atomic mass is 9.99. The van der Waals surface area contributed by atoms with Crippen LogP contribution >= 0.6 is 0 Å². The third kappa shape index (κ3) is 17.1. The first kappa shape index (κ1) is 29.0. The van der Waals surface area contributed by atoms with E-state index in [0.29, 0.717) is 0 Å². The summed E-state index contributed by atoms with van der Waals surface area (Å²) in [6.45, 7) is 4.62. The molecular weight excluding hydrogens is 374 g/mol. The van der Waals surface area contributed by atoms with E-state index < -0.39 is 0 Å². The number of nitrogens with zero attached hydrogens (tertiary/aromatic N) is 1. The lowest BCUT2D eigenvalue weighted by molar-refractivity contribution is 0.251. The zero-order valence-electron chi connectivity index (χ0n) is 22.4. The summed E-state index contributed by atoms with van der Waals surface area (Å²) in [5.41, 5.74) is 0. The van der Waals surface area contributed by atoms with Gasteiger partial charge in [-0.3, -0.25) is 0 Å². The maximum absolute atomic E-state index is 2.49. The summed E-state index contributed by atoms with van der Waals surface area (Å²) in [4.78, 5) is 2.49. The van der Waals surface area contributed by atoms with Gasteiger partial charge >= 0.3 is 0 Å². The third-order valence-electron chi connectivity index (χ3n) is 7.98. The molecule has 0 amide bonds. The van der Waals surface area contributed by atoms with E-state index in [4.69, 9.17) is 0 Å². The molecular formula is C30H61N. The summed E-state index contributed by atoms with van der Waals surface area (Å²) in [7, 11) is 4.59. The summed E-state index contributed by atoms with van der Waals surface area (Å²) in [5.74, 6) is 2.24. The lowest BCUT2D eigenvalue weighted by Gasteiger charge is -2.24. The molecule has 0 aliphatic heterocycles. The minimum absolute atomic E-state index is 0.824. The minimum Gasteiger partial charge on any atom is -0.306 e. The van der Waals surface area contributed by atoms with Crippen LogP contribution in [0.3, 0.4) is 0 Å². The monoisotopic (exact) mass is 435 g/mol. The van der Waals surface area contributed by atoms with E-state index in [-0.39, 0.29) is 0 Å². The van der Waals surface area contributed by atoms with Gasteiger partial charge in [-0.1, -0.05) is 142 Å². The summed E-state index contributed by atoms with van der Waals surface area (Å²) in [6.07, 6.45) is 33.7. The smallest absolute Gasteiger partial charge is 0.00891 e. The molecule has 0 spiro atoms. The molecule has 1 heteroatoms. The van der Waals surface area contributed by atoms with Gasteiger partial charge in [0.05, 0.1) is 0 Å². The highest BCUT2D eigenvalue weighted by Gasteiger charge is 2.34. The Kier molecular flexibility index (Phi) is 19.2. The Labute approximate surface area is 198 Å². The molecule has 0 bridgehead atoms. The largest absolute Gasteiger partial charge is 0.306 e. The van der Waals surface area contributed by atoms with E-state index >= 15 is 0 Å². The van der Waals surface area contributed by atoms with Crippen molar-refractivity contribution in [1.82, 2.24) is 4.90 Å². The van der Waals surface area contributed by atoms with Gasteiger partial charge in [0.25, 0.3) is 0 Å². The molecule has 0 aromatic heterocycles. The number of unbranched alkanes of at least 4 members (excludes halogenated alkanes) is 15. The predicted octanol–water partition coefficient (Wildman–Crippen LogP) is 10.2. The molecule has 0 N–H and O–H groups in total. The normalized spacial score (nSPS) is 19.3. The Morgan fingerprint density at radius 1 is 0.516 bits per heavy atom. The Balaban J connectivity index is 1.87. The van der Waals surface area contributed by atoms with Crippen LogP contribution in [0.4, 0.5) is 0 Å². The van der Waals surface area contributed by atoms with Gasteiger partial charge in [-0.25, -0.2) is 0 Å². The molecule has 186 valence electrons. The molecule has 0 heterocycles. The highest BCUT2D eigenvalue weighted by Crippen LogP contribution is 2.45. The van der Waals surface area contributed by atoms with Gasteiger partial charge < -0.3 is 4.90 Å². The van der Waals surface area contributed by atoms with Crippen molar-refractivity contribution >= 4 is 0 Å². The Bertz CT molecular complexity index is 363. The molecule has 0 aromatic carbocycles. The van der Waals surface area contributed by atoms with E-state index in [1.165, 1.54) is 128 Å². The fraction of sp³-hybridized carbons (Fsp3) is 1.00. The fourth-order valence-electron chi connectivity index (χ4n) is 5.52. The third-order valence-corrected chi connectivity index (χ3v) is 7.98. The maximum Gasteiger partial charge on any atom is 0.00891 e. The van der Waals surface area contributed by atoms with Crippen molar-refractivity contribution in [1.29, 1.82) is 0 Å². The molecule has 1 nitrogen and oxygen atoms in total. The Morgan fingerprint density at radius 2 is 0.871 bits per heavy atom. The molecule has 31 heavy (non-hydrogen) atoms. The molecule has 1 aliphatic carbocycles. The van der Waals surface area contributed by atoms with E-state index in [1.54, 1.807) is 19.3 Å². The minimum atomic E-state index is 0.824. The van der Waals surface area contributed by atoms with Crippen molar-refractivity contribution in [3.8, 4) is 0 Å². The van der Waals surface area contributed by atoms with Gasteiger partial charge in [-0.15, -0.1) is 0 Å². The van der Waals surface area contributed by atoms with Gasteiger partial charge in [0, 0.05) is 6.04 Å². The standard InChI is InChI=1S/C30H61N/c1-5-7-9-11-13-17-21-25-30(31(3)4)26-22-18-14-16-20-24-29-27-28(29)23-19-15-12-10-8-6-2/h28-30H,5-27H2,1-4H3/t28-,29?,30?/m1/s1. The SMILES string of the molecule is CCCCCCCCCC(CCCCCCCC1C[C@H]1CCCCCCCC)N(C)C. The molecule has 1 rings (SSSR count). The summed E-state index contributed by atoms with van der Waals surface area (Å²) >= 11 is 0. The highest BCUT2D eigenvalue weighted by molar-refractivity contribution is 4.85. The summed E-state index contributed by atoms with van der Waals surface area (Å²) < 4.78 is 0. The number of rotatable bonds is 24. The number of hydrogen-bond acceptors (Lipinski definition) is 1. The maximum atomic E-state index is 2.49. The average molecular weight is 436 g/mol. The predicted molar refractivity (Wildman–Crippen MR) is 142 cm³/mol. The van der Waals surface area contributed by atoms with Crippen LogP contribution in [0.5, 0.6) is 0 Å². The second-order valence-corrected chi connectivity index (χ2v) is 11.2. The van der Waals surface area contributed by atoms with Crippen molar-refractivity contribution in [3.05, 3.63) is 0 Å². The van der Waals surface area contributed by atoms with Crippen LogP contribution in [0, 0.1) is 11.8 Å². The Hall–Kier alpha value is -0.0400. The van der Waals surface area contributed by atoms with Crippen LogP contribution < -0.4 is 0 Å². The van der Waals surface area contributed by atoms with Gasteiger partial charge in [-0.2, -0.15) is 0 Å². The topological polar surface area (TPSA) is 3.24 Å². The molecule has 3 atom stereocenters. The van der Waals surface area contributed by atoms with Crippen molar-refractivity contribution in [3.63, 3.8) is 0 Å². The van der Waals surface area contributed by atoms with Crippen molar-refractivity contribution in [2.45, 2.75) is 168 Å². The molecule has 0 saturated heterocycles. The fourth-order valence-corrected chi connectivity index (χ4v) is 5.52. The van der Waals surface area contributed by atoms with Crippen LogP contribution in [0.2, 0.25) is 0 Å². The first-order valence-electron chi connectivity index (χ1n) is 14.8. The summed E-state index contributed by atoms with van der Waals surface area (Å²) in [5, 5.41) is 0. The lowest BCUT2D eigenvalue weighted by Crippen LogP contribution is -2.27. The molecule has 0 radical (unpaired) electrons. The number of hydrogen-bond donors (Lipinski definition) is 0. The van der Waals surface area contributed by atoms with Crippen molar-refractivity contribution in [2.24, 2.45) is 11.8 Å². The quantitative estimate of drug-likeness (QED) is 0.136. The summed E-state index contributed by atoms with van der Waals surface area (Å²) in [6, 6.07) is 0.824. The van der Waals surface area contributed by atoms with E-state index in [0.717, 1.165) is 17.9 Å². The highest BCUT2D eigenvalue weighted by atomic mass is 15.1. The van der Waals surface area contributed by atoms with Gasteiger partial charge in [0.2, 0.25) is 0 Å². The van der Waals surface area contributed by atoms with Gasteiger partial charge in [0.15, 0.2) is 0 Å². The van der Waals surface area contributed by atoms with Gasteiger partial charge in [0.1, 0.15) is 0 Å². The van der Waals surface area contributed by atoms with Gasteiger partial charge in [-0.05, 0) is 45.2 Å². The van der Waals surface area contributed by atoms with E-state index in [9.17, 15) is 0 Å². The van der Waals surface area contributed by atoms with Crippen LogP contribution in [0.1, 0.15) is 162 Å². The van der Waals surface area contributed by atoms with Crippen LogP contribution in [-0.2, 0) is 0 Å². The van der Waals surface area contributed by atoms with E-state index in [2.05, 4.69) is 32.8 Å². The molecule has 0 aromatic rings. The first-order chi connectivity index (χ1) is 15.2. The first-order valence-corrected chi connectivity index (χ1v) is 14.8. The van der Waals surface area contributed by atoms with Crippen LogP contribution in [0.25, 0.3) is 0 Å². The van der Waals surface area contributed by atoms with Crippen molar-refractivity contribution in [2.75, 3.05) is 14.1 Å². The average Bonchev–Trinajstić information content (AvgIpc) is 3.51. The molecule has 1 saturated carbocycles. The Morgan fingerprint density at radius 3 is 1.26 bits per heavy atom.